The van der Waals surface area contributed by atoms with Crippen LogP contribution in [-0.2, 0) is 16.0 Å². The van der Waals surface area contributed by atoms with Crippen LogP contribution in [0.2, 0.25) is 0 Å². The SMILES string of the molecule is CCCCc1ccc(NC(=O)C2=CN(C)C3C(=O)N(c4ccccc4)C(=O)NC23)cc1. The Hall–Kier alpha value is -3.61. The molecule has 0 aromatic heterocycles. The second-order valence-corrected chi connectivity index (χ2v) is 7.89. The van der Waals surface area contributed by atoms with E-state index in [2.05, 4.69) is 17.6 Å². The maximum absolute atomic E-state index is 13.1. The molecule has 0 saturated carbocycles. The molecule has 0 bridgehead atoms. The van der Waals surface area contributed by atoms with Gasteiger partial charge in [-0.3, -0.25) is 9.59 Å². The summed E-state index contributed by atoms with van der Waals surface area (Å²) in [5.74, 6) is -0.691. The zero-order chi connectivity index (χ0) is 22.0. The van der Waals surface area contributed by atoms with Crippen LogP contribution in [-0.4, -0.2) is 41.9 Å². The van der Waals surface area contributed by atoms with Crippen molar-refractivity contribution < 1.29 is 14.4 Å². The first-order valence-electron chi connectivity index (χ1n) is 10.5. The maximum Gasteiger partial charge on any atom is 0.329 e. The van der Waals surface area contributed by atoms with Crippen LogP contribution in [0.5, 0.6) is 0 Å². The fraction of sp³-hybridized carbons (Fsp3) is 0.292. The van der Waals surface area contributed by atoms with Gasteiger partial charge < -0.3 is 15.5 Å². The molecule has 2 N–H and O–H groups in total. The average Bonchev–Trinajstić information content (AvgIpc) is 3.10. The Morgan fingerprint density at radius 1 is 1.06 bits per heavy atom. The van der Waals surface area contributed by atoms with Gasteiger partial charge in [0.05, 0.1) is 17.3 Å². The van der Waals surface area contributed by atoms with Crippen LogP contribution >= 0.6 is 0 Å². The van der Waals surface area contributed by atoms with E-state index in [1.165, 1.54) is 5.56 Å². The molecule has 7 nitrogen and oxygen atoms in total. The number of anilines is 2. The largest absolute Gasteiger partial charge is 0.366 e. The standard InChI is InChI=1S/C24H26N4O3/c1-3-4-8-16-11-13-17(14-12-16)25-22(29)19-15-27(2)21-20(19)26-24(31)28(23(21)30)18-9-6-5-7-10-18/h5-7,9-15,20-21H,3-4,8H2,1-2H3,(H,25,29)(H,26,31). The van der Waals surface area contributed by atoms with E-state index in [4.69, 9.17) is 0 Å². The van der Waals surface area contributed by atoms with Crippen LogP contribution in [0.3, 0.4) is 0 Å². The van der Waals surface area contributed by atoms with Gasteiger partial charge in [0, 0.05) is 18.9 Å². The third-order valence-corrected chi connectivity index (χ3v) is 5.70. The summed E-state index contributed by atoms with van der Waals surface area (Å²) in [7, 11) is 1.74. The molecule has 160 valence electrons. The molecule has 7 heteroatoms. The number of unbranched alkanes of at least 4 members (excludes halogenated alkanes) is 1. The van der Waals surface area contributed by atoms with Gasteiger partial charge in [-0.2, -0.15) is 0 Å². The number of nitrogens with zero attached hydrogens (tertiary/aromatic N) is 2. The van der Waals surface area contributed by atoms with E-state index in [1.54, 1.807) is 42.4 Å². The molecule has 4 amide bonds. The number of hydrogen-bond acceptors (Lipinski definition) is 4. The first kappa shape index (κ1) is 20.7. The number of aryl methyl sites for hydroxylation is 1. The number of carbonyl (C=O) groups is 3. The van der Waals surface area contributed by atoms with Gasteiger partial charge in [-0.15, -0.1) is 0 Å². The molecule has 0 spiro atoms. The monoisotopic (exact) mass is 418 g/mol. The highest BCUT2D eigenvalue weighted by Crippen LogP contribution is 2.29. The number of rotatable bonds is 6. The molecule has 2 aromatic rings. The van der Waals surface area contributed by atoms with Gasteiger partial charge in [0.25, 0.3) is 11.8 Å². The van der Waals surface area contributed by atoms with Crippen LogP contribution in [0.1, 0.15) is 25.3 Å². The van der Waals surface area contributed by atoms with Gasteiger partial charge >= 0.3 is 6.03 Å². The molecular weight excluding hydrogens is 392 g/mol. The van der Waals surface area contributed by atoms with Crippen molar-refractivity contribution >= 4 is 29.2 Å². The number of hydrogen-bond donors (Lipinski definition) is 2. The summed E-state index contributed by atoms with van der Waals surface area (Å²) in [5, 5.41) is 5.72. The molecule has 2 atom stereocenters. The zero-order valence-electron chi connectivity index (χ0n) is 17.7. The molecule has 2 aliphatic rings. The molecule has 1 fully saturated rings. The number of carbonyl (C=O) groups excluding carboxylic acids is 3. The molecule has 1 saturated heterocycles. The quantitative estimate of drug-likeness (QED) is 0.754. The normalized spacial score (nSPS) is 20.3. The number of para-hydroxylation sites is 1. The molecule has 0 aliphatic carbocycles. The summed E-state index contributed by atoms with van der Waals surface area (Å²) >= 11 is 0. The van der Waals surface area contributed by atoms with Crippen LogP contribution in [0.4, 0.5) is 16.2 Å². The van der Waals surface area contributed by atoms with Crippen molar-refractivity contribution in [2.75, 3.05) is 17.3 Å². The molecular formula is C24H26N4O3. The molecule has 31 heavy (non-hydrogen) atoms. The highest BCUT2D eigenvalue weighted by atomic mass is 16.2. The van der Waals surface area contributed by atoms with E-state index in [1.807, 2.05) is 30.3 Å². The average molecular weight is 418 g/mol. The summed E-state index contributed by atoms with van der Waals surface area (Å²) in [5.41, 5.74) is 2.76. The zero-order valence-corrected chi connectivity index (χ0v) is 17.7. The van der Waals surface area contributed by atoms with Crippen LogP contribution < -0.4 is 15.5 Å². The fourth-order valence-electron chi connectivity index (χ4n) is 4.05. The van der Waals surface area contributed by atoms with Crippen molar-refractivity contribution in [2.24, 2.45) is 0 Å². The van der Waals surface area contributed by atoms with Crippen molar-refractivity contribution in [1.82, 2.24) is 10.2 Å². The number of imide groups is 1. The van der Waals surface area contributed by atoms with Gasteiger partial charge in [-0.25, -0.2) is 9.69 Å². The number of benzene rings is 2. The molecule has 0 radical (unpaired) electrons. The van der Waals surface area contributed by atoms with Crippen LogP contribution in [0, 0.1) is 0 Å². The summed E-state index contributed by atoms with van der Waals surface area (Å²) in [4.78, 5) is 41.6. The fourth-order valence-corrected chi connectivity index (χ4v) is 4.05. The summed E-state index contributed by atoms with van der Waals surface area (Å²) in [6.45, 7) is 2.15. The Morgan fingerprint density at radius 2 is 1.77 bits per heavy atom. The number of fused-ring (bicyclic) bond motifs is 1. The number of likely N-dealkylation sites (N-methyl/N-ethyl adjacent to an activating group) is 1. The highest BCUT2D eigenvalue weighted by molar-refractivity contribution is 6.20. The minimum absolute atomic E-state index is 0.332. The number of urea groups is 1. The summed E-state index contributed by atoms with van der Waals surface area (Å²) in [6.07, 6.45) is 4.90. The second-order valence-electron chi connectivity index (χ2n) is 7.89. The van der Waals surface area contributed by atoms with E-state index < -0.39 is 18.1 Å². The number of amides is 4. The second kappa shape index (κ2) is 8.63. The van der Waals surface area contributed by atoms with Gasteiger partial charge in [0.1, 0.15) is 6.04 Å². The first-order valence-corrected chi connectivity index (χ1v) is 10.5. The predicted octanol–water partition coefficient (Wildman–Crippen LogP) is 3.29. The lowest BCUT2D eigenvalue weighted by Gasteiger charge is -2.37. The van der Waals surface area contributed by atoms with E-state index in [0.29, 0.717) is 16.9 Å². The molecule has 2 heterocycles. The minimum atomic E-state index is -0.700. The minimum Gasteiger partial charge on any atom is -0.366 e. The maximum atomic E-state index is 13.1. The predicted molar refractivity (Wildman–Crippen MR) is 120 cm³/mol. The van der Waals surface area contributed by atoms with Crippen LogP contribution in [0.25, 0.3) is 0 Å². The van der Waals surface area contributed by atoms with E-state index >= 15 is 0 Å². The highest BCUT2D eigenvalue weighted by Gasteiger charge is 2.49. The number of nitrogens with one attached hydrogen (secondary N) is 2. The van der Waals surface area contributed by atoms with Gasteiger partial charge in [0.15, 0.2) is 0 Å². The third-order valence-electron chi connectivity index (χ3n) is 5.70. The first-order chi connectivity index (χ1) is 15.0. The summed E-state index contributed by atoms with van der Waals surface area (Å²) in [6, 6.07) is 14.6. The Morgan fingerprint density at radius 3 is 2.45 bits per heavy atom. The Balaban J connectivity index is 1.49. The molecule has 2 unspecified atom stereocenters. The lowest BCUT2D eigenvalue weighted by Crippen LogP contribution is -2.65. The lowest BCUT2D eigenvalue weighted by molar-refractivity contribution is -0.122. The van der Waals surface area contributed by atoms with Gasteiger partial charge in [0.2, 0.25) is 0 Å². The van der Waals surface area contributed by atoms with Crippen molar-refractivity contribution in [1.29, 1.82) is 0 Å². The van der Waals surface area contributed by atoms with Gasteiger partial charge in [-0.05, 0) is 42.7 Å². The topological polar surface area (TPSA) is 81.8 Å². The smallest absolute Gasteiger partial charge is 0.329 e. The Kier molecular flexibility index (Phi) is 5.75. The van der Waals surface area contributed by atoms with Gasteiger partial charge in [-0.1, -0.05) is 43.7 Å². The summed E-state index contributed by atoms with van der Waals surface area (Å²) < 4.78 is 0. The third kappa shape index (κ3) is 4.03. The molecule has 2 aliphatic heterocycles. The van der Waals surface area contributed by atoms with E-state index in [-0.39, 0.29) is 11.8 Å². The van der Waals surface area contributed by atoms with E-state index in [0.717, 1.165) is 24.2 Å². The molecule has 4 rings (SSSR count). The van der Waals surface area contributed by atoms with E-state index in [9.17, 15) is 14.4 Å². The van der Waals surface area contributed by atoms with Crippen molar-refractivity contribution in [2.45, 2.75) is 38.3 Å². The van der Waals surface area contributed by atoms with Crippen molar-refractivity contribution in [3.63, 3.8) is 0 Å². The Bertz CT molecular complexity index is 1020. The molecule has 2 aromatic carbocycles. The Labute approximate surface area is 181 Å². The van der Waals surface area contributed by atoms with Crippen LogP contribution in [0.15, 0.2) is 66.4 Å². The van der Waals surface area contributed by atoms with Crippen molar-refractivity contribution in [3.8, 4) is 0 Å². The van der Waals surface area contributed by atoms with Crippen molar-refractivity contribution in [3.05, 3.63) is 71.9 Å². The lowest BCUT2D eigenvalue weighted by atomic mass is 9.99.